The fraction of sp³-hybridized carbons (Fsp3) is 0.235. The molecule has 1 N–H and O–H groups in total. The van der Waals surface area contributed by atoms with Gasteiger partial charge in [-0.25, -0.2) is 4.39 Å². The second kappa shape index (κ2) is 6.91. The monoisotopic (exact) mass is 351 g/mol. The van der Waals surface area contributed by atoms with E-state index in [4.69, 9.17) is 11.6 Å². The molecule has 0 radical (unpaired) electrons. The molecule has 0 aliphatic carbocycles. The first kappa shape index (κ1) is 16.3. The van der Waals surface area contributed by atoms with Crippen LogP contribution in [0.3, 0.4) is 0 Å². The Kier molecular flexibility index (Phi) is 4.90. The first-order valence-corrected chi connectivity index (χ1v) is 8.57. The van der Waals surface area contributed by atoms with Crippen LogP contribution in [0.2, 0.25) is 5.02 Å². The molecule has 1 heterocycles. The van der Waals surface area contributed by atoms with E-state index in [0.29, 0.717) is 17.3 Å². The van der Waals surface area contributed by atoms with Gasteiger partial charge in [0.15, 0.2) is 0 Å². The van der Waals surface area contributed by atoms with Crippen molar-refractivity contribution in [2.75, 3.05) is 5.75 Å². The number of carboxylic acids is 1. The Labute approximate surface area is 143 Å². The van der Waals surface area contributed by atoms with Crippen LogP contribution in [-0.2, 0) is 11.3 Å². The highest BCUT2D eigenvalue weighted by molar-refractivity contribution is 7.99. The molecule has 1 aliphatic heterocycles. The minimum Gasteiger partial charge on any atom is -0.480 e. The molecule has 3 rings (SSSR count). The predicted octanol–water partition coefficient (Wildman–Crippen LogP) is 4.18. The number of benzene rings is 2. The molecule has 0 amide bonds. The largest absolute Gasteiger partial charge is 0.480 e. The molecule has 23 heavy (non-hydrogen) atoms. The van der Waals surface area contributed by atoms with E-state index in [1.807, 2.05) is 23.1 Å². The van der Waals surface area contributed by atoms with Crippen molar-refractivity contribution in [3.63, 3.8) is 0 Å². The molecular weight excluding hydrogens is 337 g/mol. The van der Waals surface area contributed by atoms with Crippen molar-refractivity contribution in [2.45, 2.75) is 18.0 Å². The predicted molar refractivity (Wildman–Crippen MR) is 90.0 cm³/mol. The van der Waals surface area contributed by atoms with Gasteiger partial charge in [-0.3, -0.25) is 9.69 Å². The lowest BCUT2D eigenvalue weighted by atomic mass is 10.1. The van der Waals surface area contributed by atoms with Crippen LogP contribution in [0.4, 0.5) is 4.39 Å². The zero-order valence-corrected chi connectivity index (χ0v) is 13.7. The van der Waals surface area contributed by atoms with E-state index >= 15 is 0 Å². The van der Waals surface area contributed by atoms with Crippen LogP contribution in [0.1, 0.15) is 16.5 Å². The number of halogens is 2. The summed E-state index contributed by atoms with van der Waals surface area (Å²) in [6.07, 6.45) is 0. The summed E-state index contributed by atoms with van der Waals surface area (Å²) in [5, 5.41) is 9.99. The van der Waals surface area contributed by atoms with Crippen LogP contribution >= 0.6 is 23.4 Å². The molecule has 0 bridgehead atoms. The zero-order valence-electron chi connectivity index (χ0n) is 12.2. The minimum absolute atomic E-state index is 0.113. The average Bonchev–Trinajstić information content (AvgIpc) is 2.91. The van der Waals surface area contributed by atoms with Crippen molar-refractivity contribution in [1.29, 1.82) is 0 Å². The number of carbonyl (C=O) groups is 1. The maximum Gasteiger partial charge on any atom is 0.321 e. The summed E-state index contributed by atoms with van der Waals surface area (Å²) in [6, 6.07) is 13.1. The molecule has 0 aromatic heterocycles. The summed E-state index contributed by atoms with van der Waals surface area (Å²) in [5.41, 5.74) is 1.72. The van der Waals surface area contributed by atoms with Gasteiger partial charge in [0.25, 0.3) is 0 Å². The average molecular weight is 352 g/mol. The van der Waals surface area contributed by atoms with Crippen LogP contribution in [0.15, 0.2) is 48.5 Å². The number of rotatable bonds is 4. The SMILES string of the molecule is O=C(O)C1CSC(c2cccc(Cl)c2)N1Cc1cccc(F)c1. The maximum atomic E-state index is 13.4. The van der Waals surface area contributed by atoms with Gasteiger partial charge >= 0.3 is 5.97 Å². The van der Waals surface area contributed by atoms with E-state index in [2.05, 4.69) is 0 Å². The lowest BCUT2D eigenvalue weighted by Crippen LogP contribution is -2.38. The van der Waals surface area contributed by atoms with Gasteiger partial charge in [-0.05, 0) is 35.4 Å². The standard InChI is InChI=1S/C17H15ClFNO2S/c18-13-5-2-4-12(8-13)16-20(15(10-23-16)17(21)22)9-11-3-1-6-14(19)7-11/h1-8,15-16H,9-10H2,(H,21,22). The molecule has 2 aromatic rings. The molecule has 2 unspecified atom stereocenters. The third-order valence-electron chi connectivity index (χ3n) is 3.79. The van der Waals surface area contributed by atoms with E-state index in [1.165, 1.54) is 12.1 Å². The van der Waals surface area contributed by atoms with Gasteiger partial charge in [0, 0.05) is 17.3 Å². The molecule has 2 aromatic carbocycles. The highest BCUT2D eigenvalue weighted by atomic mass is 35.5. The summed E-state index contributed by atoms with van der Waals surface area (Å²) in [4.78, 5) is 13.4. The van der Waals surface area contributed by atoms with Crippen molar-refractivity contribution in [3.8, 4) is 0 Å². The van der Waals surface area contributed by atoms with Crippen molar-refractivity contribution in [1.82, 2.24) is 4.90 Å². The second-order valence-corrected chi connectivity index (χ2v) is 6.95. The fourth-order valence-electron chi connectivity index (χ4n) is 2.74. The Bertz CT molecular complexity index is 727. The smallest absolute Gasteiger partial charge is 0.321 e. The molecule has 1 fully saturated rings. The highest BCUT2D eigenvalue weighted by Gasteiger charge is 2.39. The van der Waals surface area contributed by atoms with Gasteiger partial charge in [0.05, 0.1) is 5.37 Å². The normalized spacial score (nSPS) is 21.5. The summed E-state index contributed by atoms with van der Waals surface area (Å²) in [6.45, 7) is 0.374. The molecule has 2 atom stereocenters. The van der Waals surface area contributed by atoms with Crippen molar-refractivity contribution in [2.24, 2.45) is 0 Å². The van der Waals surface area contributed by atoms with Gasteiger partial charge in [0.2, 0.25) is 0 Å². The highest BCUT2D eigenvalue weighted by Crippen LogP contribution is 2.42. The zero-order chi connectivity index (χ0) is 16.4. The number of aliphatic carboxylic acids is 1. The molecule has 3 nitrogen and oxygen atoms in total. The van der Waals surface area contributed by atoms with E-state index < -0.39 is 12.0 Å². The number of nitrogens with zero attached hydrogens (tertiary/aromatic N) is 1. The number of carboxylic acid groups (broad SMARTS) is 1. The number of hydrogen-bond acceptors (Lipinski definition) is 3. The topological polar surface area (TPSA) is 40.5 Å². The van der Waals surface area contributed by atoms with Crippen LogP contribution in [0.25, 0.3) is 0 Å². The van der Waals surface area contributed by atoms with E-state index in [9.17, 15) is 14.3 Å². The summed E-state index contributed by atoms with van der Waals surface area (Å²) in [5.74, 6) is -0.694. The van der Waals surface area contributed by atoms with Crippen LogP contribution < -0.4 is 0 Å². The summed E-state index contributed by atoms with van der Waals surface area (Å²) < 4.78 is 13.4. The van der Waals surface area contributed by atoms with Gasteiger partial charge < -0.3 is 5.11 Å². The Balaban J connectivity index is 1.91. The maximum absolute atomic E-state index is 13.4. The Morgan fingerprint density at radius 2 is 2.09 bits per heavy atom. The van der Waals surface area contributed by atoms with Gasteiger partial charge in [-0.1, -0.05) is 35.9 Å². The third kappa shape index (κ3) is 3.68. The lowest BCUT2D eigenvalue weighted by Gasteiger charge is -2.27. The second-order valence-electron chi connectivity index (χ2n) is 5.40. The molecule has 0 spiro atoms. The Hall–Kier alpha value is -1.56. The first-order chi connectivity index (χ1) is 11.0. The van der Waals surface area contributed by atoms with Gasteiger partial charge in [-0.15, -0.1) is 11.8 Å². The van der Waals surface area contributed by atoms with Crippen LogP contribution in [-0.4, -0.2) is 27.8 Å². The summed E-state index contributed by atoms with van der Waals surface area (Å²) >= 11 is 7.62. The molecule has 6 heteroatoms. The van der Waals surface area contributed by atoms with Gasteiger partial charge in [-0.2, -0.15) is 0 Å². The minimum atomic E-state index is -0.863. The quantitative estimate of drug-likeness (QED) is 0.897. The molecule has 1 aliphatic rings. The van der Waals surface area contributed by atoms with E-state index in [1.54, 1.807) is 30.0 Å². The van der Waals surface area contributed by atoms with Crippen molar-refractivity contribution >= 4 is 29.3 Å². The summed E-state index contributed by atoms with van der Waals surface area (Å²) in [7, 11) is 0. The van der Waals surface area contributed by atoms with E-state index in [-0.39, 0.29) is 11.2 Å². The van der Waals surface area contributed by atoms with Crippen LogP contribution in [0.5, 0.6) is 0 Å². The van der Waals surface area contributed by atoms with E-state index in [0.717, 1.165) is 11.1 Å². The Morgan fingerprint density at radius 1 is 1.30 bits per heavy atom. The van der Waals surface area contributed by atoms with Gasteiger partial charge in [0.1, 0.15) is 11.9 Å². The Morgan fingerprint density at radius 3 is 2.78 bits per heavy atom. The van der Waals surface area contributed by atoms with Crippen molar-refractivity contribution < 1.29 is 14.3 Å². The molecular formula is C17H15ClFNO2S. The fourth-order valence-corrected chi connectivity index (χ4v) is 4.39. The molecule has 1 saturated heterocycles. The molecule has 120 valence electrons. The number of thioether (sulfide) groups is 1. The third-order valence-corrected chi connectivity index (χ3v) is 5.39. The lowest BCUT2D eigenvalue weighted by molar-refractivity contribution is -0.142. The van der Waals surface area contributed by atoms with Crippen LogP contribution in [0, 0.1) is 5.82 Å². The van der Waals surface area contributed by atoms with Crippen molar-refractivity contribution in [3.05, 3.63) is 70.5 Å². The first-order valence-electron chi connectivity index (χ1n) is 7.14. The number of hydrogen-bond donors (Lipinski definition) is 1. The molecule has 0 saturated carbocycles.